The number of hydrogen-bond donors (Lipinski definition) is 2. The Kier molecular flexibility index (Phi) is 6.13. The average molecular weight is 308 g/mol. The molecule has 126 valence electrons. The molecule has 1 saturated heterocycles. The highest BCUT2D eigenvalue weighted by Gasteiger charge is 2.34. The average Bonchev–Trinajstić information content (AvgIpc) is 3.07. The first kappa shape index (κ1) is 16.3. The van der Waals surface area contributed by atoms with Crippen molar-refractivity contribution in [2.75, 3.05) is 13.1 Å². The fourth-order valence-electron chi connectivity index (χ4n) is 4.35. The van der Waals surface area contributed by atoms with E-state index in [0.29, 0.717) is 12.0 Å². The van der Waals surface area contributed by atoms with E-state index < -0.39 is 0 Å². The molecule has 0 amide bonds. The molecule has 0 aromatic heterocycles. The quantitative estimate of drug-likeness (QED) is 0.767. The van der Waals surface area contributed by atoms with E-state index in [9.17, 15) is 4.79 Å². The molecule has 0 unspecified atom stereocenters. The van der Waals surface area contributed by atoms with E-state index in [2.05, 4.69) is 10.6 Å². The molecule has 22 heavy (non-hydrogen) atoms. The van der Waals surface area contributed by atoms with Gasteiger partial charge < -0.3 is 15.4 Å². The number of esters is 1. The lowest BCUT2D eigenvalue weighted by Gasteiger charge is -2.34. The van der Waals surface area contributed by atoms with Gasteiger partial charge in [0.05, 0.1) is 0 Å². The molecular weight excluding hydrogens is 276 g/mol. The minimum atomic E-state index is -0.0657. The summed E-state index contributed by atoms with van der Waals surface area (Å²) in [5, 5.41) is 7.08. The van der Waals surface area contributed by atoms with E-state index in [1.165, 1.54) is 44.9 Å². The Morgan fingerprint density at radius 1 is 0.909 bits per heavy atom. The van der Waals surface area contributed by atoms with Crippen molar-refractivity contribution in [1.82, 2.24) is 10.6 Å². The maximum absolute atomic E-state index is 12.8. The van der Waals surface area contributed by atoms with E-state index in [1.54, 1.807) is 0 Å². The van der Waals surface area contributed by atoms with Crippen molar-refractivity contribution in [1.29, 1.82) is 0 Å². The lowest BCUT2D eigenvalue weighted by atomic mass is 9.83. The standard InChI is InChI=1S/C18H32N2O2/c21-18(22-16-8-4-5-9-16)17(14-6-2-1-3-7-14)20-15-10-12-19-13-11-15/h14-17,19-20H,1-13H2/t17-/m0/s1. The van der Waals surface area contributed by atoms with Crippen LogP contribution in [0.4, 0.5) is 0 Å². The number of carbonyl (C=O) groups excluding carboxylic acids is 1. The first-order valence-electron chi connectivity index (χ1n) is 9.50. The molecule has 2 aliphatic carbocycles. The molecule has 1 atom stereocenters. The van der Waals surface area contributed by atoms with E-state index in [4.69, 9.17) is 4.74 Å². The van der Waals surface area contributed by atoms with Gasteiger partial charge in [-0.1, -0.05) is 19.3 Å². The third-order valence-electron chi connectivity index (χ3n) is 5.71. The van der Waals surface area contributed by atoms with E-state index in [1.807, 2.05) is 0 Å². The molecule has 0 aromatic rings. The topological polar surface area (TPSA) is 50.4 Å². The van der Waals surface area contributed by atoms with Crippen LogP contribution >= 0.6 is 0 Å². The minimum absolute atomic E-state index is 0.0392. The molecule has 0 aromatic carbocycles. The molecule has 0 bridgehead atoms. The fraction of sp³-hybridized carbons (Fsp3) is 0.944. The third-order valence-corrected chi connectivity index (χ3v) is 5.71. The van der Waals surface area contributed by atoms with Gasteiger partial charge in [0.2, 0.25) is 0 Å². The van der Waals surface area contributed by atoms with Crippen LogP contribution in [0.3, 0.4) is 0 Å². The van der Waals surface area contributed by atoms with Crippen LogP contribution in [0, 0.1) is 5.92 Å². The third kappa shape index (κ3) is 4.45. The monoisotopic (exact) mass is 308 g/mol. The number of hydrogen-bond acceptors (Lipinski definition) is 4. The Labute approximate surface area is 134 Å². The van der Waals surface area contributed by atoms with Gasteiger partial charge in [-0.05, 0) is 70.4 Å². The summed E-state index contributed by atoms with van der Waals surface area (Å²) in [4.78, 5) is 12.8. The summed E-state index contributed by atoms with van der Waals surface area (Å²) in [6.45, 7) is 2.12. The SMILES string of the molecule is O=C(OC1CCCC1)[C@@H](NC1CCNCC1)C1CCCCC1. The maximum atomic E-state index is 12.8. The van der Waals surface area contributed by atoms with Crippen molar-refractivity contribution >= 4 is 5.97 Å². The van der Waals surface area contributed by atoms with Crippen LogP contribution in [-0.4, -0.2) is 37.2 Å². The van der Waals surface area contributed by atoms with Gasteiger partial charge in [-0.25, -0.2) is 0 Å². The van der Waals surface area contributed by atoms with Gasteiger partial charge in [0, 0.05) is 6.04 Å². The van der Waals surface area contributed by atoms with Gasteiger partial charge in [0.15, 0.2) is 0 Å². The number of piperidine rings is 1. The van der Waals surface area contributed by atoms with E-state index in [-0.39, 0.29) is 18.1 Å². The summed E-state index contributed by atoms with van der Waals surface area (Å²) in [6, 6.07) is 0.410. The zero-order valence-electron chi connectivity index (χ0n) is 13.8. The second-order valence-corrected chi connectivity index (χ2v) is 7.41. The highest BCUT2D eigenvalue weighted by Crippen LogP contribution is 2.29. The Morgan fingerprint density at radius 3 is 2.23 bits per heavy atom. The molecule has 3 rings (SSSR count). The normalized spacial score (nSPS) is 26.9. The van der Waals surface area contributed by atoms with Gasteiger partial charge in [0.25, 0.3) is 0 Å². The Morgan fingerprint density at radius 2 is 1.55 bits per heavy atom. The molecule has 4 heteroatoms. The van der Waals surface area contributed by atoms with E-state index >= 15 is 0 Å². The second kappa shape index (κ2) is 8.30. The predicted octanol–water partition coefficient (Wildman–Crippen LogP) is 2.76. The number of rotatable bonds is 5. The van der Waals surface area contributed by atoms with Crippen LogP contribution in [0.2, 0.25) is 0 Å². The zero-order valence-corrected chi connectivity index (χ0v) is 13.8. The van der Waals surface area contributed by atoms with Crippen LogP contribution in [0.25, 0.3) is 0 Å². The smallest absolute Gasteiger partial charge is 0.323 e. The molecule has 4 nitrogen and oxygen atoms in total. The predicted molar refractivity (Wildman–Crippen MR) is 87.7 cm³/mol. The summed E-state index contributed by atoms with van der Waals surface area (Å²) in [5.41, 5.74) is 0. The van der Waals surface area contributed by atoms with Crippen LogP contribution in [0.15, 0.2) is 0 Å². The first-order valence-corrected chi connectivity index (χ1v) is 9.50. The van der Waals surface area contributed by atoms with Crippen molar-refractivity contribution in [3.05, 3.63) is 0 Å². The summed E-state index contributed by atoms with van der Waals surface area (Å²) < 4.78 is 5.85. The van der Waals surface area contributed by atoms with Crippen molar-refractivity contribution in [3.63, 3.8) is 0 Å². The first-order chi connectivity index (χ1) is 10.8. The number of carbonyl (C=O) groups is 1. The van der Waals surface area contributed by atoms with Gasteiger partial charge in [0.1, 0.15) is 12.1 Å². The Hall–Kier alpha value is -0.610. The molecule has 1 heterocycles. The van der Waals surface area contributed by atoms with Crippen molar-refractivity contribution in [3.8, 4) is 0 Å². The zero-order chi connectivity index (χ0) is 15.2. The van der Waals surface area contributed by atoms with Crippen molar-refractivity contribution in [2.45, 2.75) is 88.8 Å². The van der Waals surface area contributed by atoms with Gasteiger partial charge in [-0.2, -0.15) is 0 Å². The van der Waals surface area contributed by atoms with Gasteiger partial charge in [-0.3, -0.25) is 4.79 Å². The van der Waals surface area contributed by atoms with Crippen LogP contribution in [0.1, 0.15) is 70.6 Å². The maximum Gasteiger partial charge on any atom is 0.323 e. The number of ether oxygens (including phenoxy) is 1. The number of nitrogens with one attached hydrogen (secondary N) is 2. The minimum Gasteiger partial charge on any atom is -0.461 e. The Balaban J connectivity index is 1.59. The largest absolute Gasteiger partial charge is 0.461 e. The molecule has 2 saturated carbocycles. The lowest BCUT2D eigenvalue weighted by Crippen LogP contribution is -2.52. The highest BCUT2D eigenvalue weighted by atomic mass is 16.5. The van der Waals surface area contributed by atoms with Crippen LogP contribution in [0.5, 0.6) is 0 Å². The second-order valence-electron chi connectivity index (χ2n) is 7.41. The molecule has 0 radical (unpaired) electrons. The molecule has 3 aliphatic rings. The molecular formula is C18H32N2O2. The molecule has 2 N–H and O–H groups in total. The Bertz CT molecular complexity index is 343. The summed E-state index contributed by atoms with van der Waals surface area (Å²) in [5.74, 6) is 0.523. The van der Waals surface area contributed by atoms with Crippen LogP contribution < -0.4 is 10.6 Å². The lowest BCUT2D eigenvalue weighted by molar-refractivity contribution is -0.153. The summed E-state index contributed by atoms with van der Waals surface area (Å²) in [6.07, 6.45) is 13.2. The summed E-state index contributed by atoms with van der Waals surface area (Å²) >= 11 is 0. The van der Waals surface area contributed by atoms with Crippen molar-refractivity contribution in [2.24, 2.45) is 5.92 Å². The van der Waals surface area contributed by atoms with E-state index in [0.717, 1.165) is 38.8 Å². The summed E-state index contributed by atoms with van der Waals surface area (Å²) in [7, 11) is 0. The molecule has 1 aliphatic heterocycles. The van der Waals surface area contributed by atoms with Crippen LogP contribution in [-0.2, 0) is 9.53 Å². The highest BCUT2D eigenvalue weighted by molar-refractivity contribution is 5.76. The molecule has 0 spiro atoms. The molecule has 3 fully saturated rings. The van der Waals surface area contributed by atoms with Crippen molar-refractivity contribution < 1.29 is 9.53 Å². The van der Waals surface area contributed by atoms with Gasteiger partial charge >= 0.3 is 5.97 Å². The fourth-order valence-corrected chi connectivity index (χ4v) is 4.35. The van der Waals surface area contributed by atoms with Gasteiger partial charge in [-0.15, -0.1) is 0 Å².